The zero-order valence-corrected chi connectivity index (χ0v) is 7.63. The van der Waals surface area contributed by atoms with Gasteiger partial charge in [-0.05, 0) is 15.9 Å². The molecule has 1 atom stereocenters. The van der Waals surface area contributed by atoms with Gasteiger partial charge in [-0.15, -0.1) is 0 Å². The number of hydrogen-bond acceptors (Lipinski definition) is 4. The maximum absolute atomic E-state index is 5.52. The summed E-state index contributed by atoms with van der Waals surface area (Å²) in [7, 11) is 1.68. The number of hydrazone groups is 1. The number of nitrogens with one attached hydrogen (secondary N) is 1. The highest BCUT2D eigenvalue weighted by atomic mass is 79.9. The molecule has 0 fully saturated rings. The number of nitrogens with two attached hydrogens (primary N) is 1. The van der Waals surface area contributed by atoms with Crippen molar-refractivity contribution in [3.63, 3.8) is 0 Å². The minimum absolute atomic E-state index is 0.225. The van der Waals surface area contributed by atoms with Crippen LogP contribution in [0.25, 0.3) is 0 Å². The van der Waals surface area contributed by atoms with Crippen molar-refractivity contribution < 1.29 is 4.84 Å². The Morgan fingerprint density at radius 3 is 3.18 bits per heavy atom. The number of amidine groups is 1. The number of halogens is 1. The van der Waals surface area contributed by atoms with E-state index < -0.39 is 0 Å². The summed E-state index contributed by atoms with van der Waals surface area (Å²) in [4.78, 5) is 4.92. The molecule has 3 N–H and O–H groups in total. The lowest BCUT2D eigenvalue weighted by molar-refractivity contribution is 0.131. The van der Waals surface area contributed by atoms with Gasteiger partial charge < -0.3 is 16.0 Å². The Morgan fingerprint density at radius 2 is 2.73 bits per heavy atom. The van der Waals surface area contributed by atoms with E-state index in [0.29, 0.717) is 12.3 Å². The maximum Gasteiger partial charge on any atom is 0.192 e. The molecule has 1 unspecified atom stereocenters. The number of hydrogen-bond donors (Lipinski definition) is 2. The summed E-state index contributed by atoms with van der Waals surface area (Å²) < 4.78 is 0.761. The van der Waals surface area contributed by atoms with E-state index in [1.807, 2.05) is 0 Å². The van der Waals surface area contributed by atoms with Crippen molar-refractivity contribution in [3.05, 3.63) is 0 Å². The van der Waals surface area contributed by atoms with Crippen LogP contribution in [0.5, 0.6) is 0 Å². The molecule has 0 aromatic carbocycles. The van der Waals surface area contributed by atoms with Crippen LogP contribution in [0.1, 0.15) is 6.42 Å². The van der Waals surface area contributed by atoms with Crippen LogP contribution in [0, 0.1) is 0 Å². The molecule has 0 saturated carbocycles. The average molecular weight is 221 g/mol. The van der Waals surface area contributed by atoms with Gasteiger partial charge in [0, 0.05) is 13.5 Å². The van der Waals surface area contributed by atoms with E-state index in [9.17, 15) is 0 Å². The van der Waals surface area contributed by atoms with E-state index in [0.717, 1.165) is 4.62 Å². The Kier molecular flexibility index (Phi) is 2.70. The Morgan fingerprint density at radius 1 is 2.00 bits per heavy atom. The lowest BCUT2D eigenvalue weighted by atomic mass is 10.2. The van der Waals surface area contributed by atoms with Crippen LogP contribution >= 0.6 is 15.9 Å². The fraction of sp³-hybridized carbons (Fsp3) is 0.600. The third-order valence-corrected chi connectivity index (χ3v) is 1.67. The molecule has 0 amide bonds. The van der Waals surface area contributed by atoms with Gasteiger partial charge in [-0.1, -0.05) is 5.16 Å². The first-order valence-electron chi connectivity index (χ1n) is 3.12. The quantitative estimate of drug-likeness (QED) is 0.391. The Labute approximate surface area is 72.8 Å². The molecule has 1 aliphatic heterocycles. The fourth-order valence-electron chi connectivity index (χ4n) is 0.708. The second kappa shape index (κ2) is 3.56. The van der Waals surface area contributed by atoms with Crippen LogP contribution in [0.4, 0.5) is 0 Å². The molecular formula is C5H9BrN4O. The summed E-state index contributed by atoms with van der Waals surface area (Å²) in [6.45, 7) is 0. The summed E-state index contributed by atoms with van der Waals surface area (Å²) in [6, 6.07) is 0. The average Bonchev–Trinajstić information content (AvgIpc) is 2.36. The number of oxime groups is 1. The van der Waals surface area contributed by atoms with Crippen molar-refractivity contribution in [3.8, 4) is 0 Å². The molecule has 5 nitrogen and oxygen atoms in total. The summed E-state index contributed by atoms with van der Waals surface area (Å²) in [5, 5.41) is 7.43. The topological polar surface area (TPSA) is 72.0 Å². The Hall–Kier alpha value is -0.780. The van der Waals surface area contributed by atoms with E-state index in [-0.39, 0.29) is 6.10 Å². The minimum Gasteiger partial charge on any atom is -0.383 e. The van der Waals surface area contributed by atoms with E-state index >= 15 is 0 Å². The Balaban J connectivity index is 2.46. The van der Waals surface area contributed by atoms with Gasteiger partial charge in [0.2, 0.25) is 0 Å². The molecule has 0 aromatic rings. The highest BCUT2D eigenvalue weighted by Crippen LogP contribution is 2.13. The Bertz CT molecular complexity index is 203. The fourth-order valence-corrected chi connectivity index (χ4v) is 1.09. The van der Waals surface area contributed by atoms with Crippen molar-refractivity contribution in [1.29, 1.82) is 0 Å². The van der Waals surface area contributed by atoms with Gasteiger partial charge in [-0.25, -0.2) is 0 Å². The molecule has 11 heavy (non-hydrogen) atoms. The monoisotopic (exact) mass is 220 g/mol. The molecule has 1 heterocycles. The van der Waals surface area contributed by atoms with Gasteiger partial charge >= 0.3 is 0 Å². The molecule has 0 aliphatic carbocycles. The standard InChI is InChI=1S/C5H9BrN4O/c1-8-9-5(7)3-2-4(6)10-11-3/h3,8H,2H2,1H3,(H2,7,9). The summed E-state index contributed by atoms with van der Waals surface area (Å²) in [6.07, 6.45) is 0.425. The predicted molar refractivity (Wildman–Crippen MR) is 46.5 cm³/mol. The van der Waals surface area contributed by atoms with Gasteiger partial charge in [-0.2, -0.15) is 5.10 Å². The van der Waals surface area contributed by atoms with Crippen molar-refractivity contribution >= 4 is 26.4 Å². The van der Waals surface area contributed by atoms with Crippen LogP contribution in [0.3, 0.4) is 0 Å². The molecule has 1 aliphatic rings. The van der Waals surface area contributed by atoms with Crippen LogP contribution in [-0.4, -0.2) is 23.6 Å². The van der Waals surface area contributed by atoms with Gasteiger partial charge in [0.1, 0.15) is 4.62 Å². The van der Waals surface area contributed by atoms with Crippen molar-refractivity contribution in [2.45, 2.75) is 12.5 Å². The number of rotatable bonds is 2. The molecule has 0 spiro atoms. The van der Waals surface area contributed by atoms with Gasteiger partial charge in [0.25, 0.3) is 0 Å². The van der Waals surface area contributed by atoms with Crippen LogP contribution in [-0.2, 0) is 4.84 Å². The van der Waals surface area contributed by atoms with Crippen molar-refractivity contribution in [1.82, 2.24) is 5.43 Å². The number of nitrogens with zero attached hydrogens (tertiary/aromatic N) is 2. The molecule has 0 bridgehead atoms. The first-order chi connectivity index (χ1) is 5.24. The lowest BCUT2D eigenvalue weighted by Crippen LogP contribution is -2.30. The summed E-state index contributed by atoms with van der Waals surface area (Å²) >= 11 is 3.19. The molecule has 0 saturated heterocycles. The third-order valence-electron chi connectivity index (χ3n) is 1.20. The van der Waals surface area contributed by atoms with Crippen LogP contribution in [0.15, 0.2) is 10.3 Å². The zero-order chi connectivity index (χ0) is 8.27. The molecule has 0 aromatic heterocycles. The highest BCUT2D eigenvalue weighted by molar-refractivity contribution is 9.18. The summed E-state index contributed by atoms with van der Waals surface area (Å²) in [5.74, 6) is 0.408. The van der Waals surface area contributed by atoms with E-state index in [1.54, 1.807) is 7.05 Å². The smallest absolute Gasteiger partial charge is 0.192 e. The van der Waals surface area contributed by atoms with E-state index in [2.05, 4.69) is 31.6 Å². The molecule has 1 rings (SSSR count). The lowest BCUT2D eigenvalue weighted by Gasteiger charge is -2.05. The van der Waals surface area contributed by atoms with E-state index in [1.165, 1.54) is 0 Å². The molecule has 62 valence electrons. The largest absolute Gasteiger partial charge is 0.383 e. The highest BCUT2D eigenvalue weighted by Gasteiger charge is 2.22. The minimum atomic E-state index is -0.225. The molecular weight excluding hydrogens is 212 g/mol. The van der Waals surface area contributed by atoms with Gasteiger partial charge in [0.05, 0.1) is 0 Å². The maximum atomic E-state index is 5.52. The van der Waals surface area contributed by atoms with Crippen molar-refractivity contribution in [2.75, 3.05) is 7.05 Å². The second-order valence-corrected chi connectivity index (χ2v) is 2.94. The van der Waals surface area contributed by atoms with Gasteiger partial charge in [0.15, 0.2) is 11.9 Å². The van der Waals surface area contributed by atoms with Crippen molar-refractivity contribution in [2.24, 2.45) is 16.0 Å². The SMILES string of the molecule is CNN=C(N)C1CC(Br)=NO1. The normalized spacial score (nSPS) is 24.4. The third kappa shape index (κ3) is 2.07. The molecule has 6 heteroatoms. The van der Waals surface area contributed by atoms with E-state index in [4.69, 9.17) is 10.6 Å². The van der Waals surface area contributed by atoms with Crippen LogP contribution in [0.2, 0.25) is 0 Å². The van der Waals surface area contributed by atoms with Gasteiger partial charge in [-0.3, -0.25) is 0 Å². The first kappa shape index (κ1) is 8.32. The first-order valence-corrected chi connectivity index (χ1v) is 3.91. The second-order valence-electron chi connectivity index (χ2n) is 2.03. The summed E-state index contributed by atoms with van der Waals surface area (Å²) in [5.41, 5.74) is 8.10. The molecule has 0 radical (unpaired) electrons. The van der Waals surface area contributed by atoms with Crippen LogP contribution < -0.4 is 11.2 Å². The predicted octanol–water partition coefficient (Wildman–Crippen LogP) is -0.0247. The zero-order valence-electron chi connectivity index (χ0n) is 6.04.